The van der Waals surface area contributed by atoms with E-state index in [0.29, 0.717) is 6.54 Å². The fourth-order valence-electron chi connectivity index (χ4n) is 3.75. The normalized spacial score (nSPS) is 24.6. The lowest BCUT2D eigenvalue weighted by Gasteiger charge is -2.44. The van der Waals surface area contributed by atoms with Gasteiger partial charge in [0.2, 0.25) is 12.2 Å². The van der Waals surface area contributed by atoms with Crippen molar-refractivity contribution in [3.05, 3.63) is 35.4 Å². The predicted octanol–water partition coefficient (Wildman–Crippen LogP) is 4.55. The van der Waals surface area contributed by atoms with Crippen molar-refractivity contribution in [3.8, 4) is 0 Å². The van der Waals surface area contributed by atoms with Crippen LogP contribution in [0.5, 0.6) is 0 Å². The SMILES string of the molecule is CC1(C)CC(N=C=O)CC(C)(CN=C=O)C1.Cc1ccccc1C. The first-order chi connectivity index (χ1) is 11.2. The number of rotatable bonds is 3. The van der Waals surface area contributed by atoms with E-state index in [1.54, 1.807) is 12.2 Å². The Labute approximate surface area is 145 Å². The van der Waals surface area contributed by atoms with Gasteiger partial charge in [0.05, 0.1) is 12.6 Å². The summed E-state index contributed by atoms with van der Waals surface area (Å²) in [5.41, 5.74) is 2.79. The molecule has 4 heteroatoms. The monoisotopic (exact) mass is 328 g/mol. The van der Waals surface area contributed by atoms with E-state index >= 15 is 0 Å². The molecule has 0 heterocycles. The van der Waals surface area contributed by atoms with Gasteiger partial charge < -0.3 is 0 Å². The van der Waals surface area contributed by atoms with Crippen LogP contribution in [0, 0.1) is 24.7 Å². The van der Waals surface area contributed by atoms with E-state index in [2.05, 4.69) is 68.9 Å². The van der Waals surface area contributed by atoms with Crippen LogP contribution in [0.2, 0.25) is 0 Å². The van der Waals surface area contributed by atoms with Gasteiger partial charge in [-0.2, -0.15) is 0 Å². The van der Waals surface area contributed by atoms with Crippen LogP contribution in [0.25, 0.3) is 0 Å². The standard InChI is InChI=1S/C12H18N2O2.C8H10/c1-11(2)4-10(14-9-16)5-12(3,6-11)7-13-8-15;1-7-5-3-4-6-8(7)2/h10H,4-7H2,1-3H3;3-6H,1-2H3. The molecule has 2 atom stereocenters. The third-order valence-corrected chi connectivity index (χ3v) is 4.61. The summed E-state index contributed by atoms with van der Waals surface area (Å²) in [6.45, 7) is 11.1. The summed E-state index contributed by atoms with van der Waals surface area (Å²) in [5.74, 6) is 0. The molecule has 24 heavy (non-hydrogen) atoms. The Bertz CT molecular complexity index is 620. The Balaban J connectivity index is 0.000000300. The van der Waals surface area contributed by atoms with Gasteiger partial charge in [-0.3, -0.25) is 0 Å². The van der Waals surface area contributed by atoms with E-state index in [1.807, 2.05) is 0 Å². The van der Waals surface area contributed by atoms with Gasteiger partial charge in [0.15, 0.2) is 0 Å². The molecule has 1 fully saturated rings. The van der Waals surface area contributed by atoms with Crippen LogP contribution in [0.15, 0.2) is 34.3 Å². The smallest absolute Gasteiger partial charge is 0.211 e. The second-order valence-corrected chi connectivity index (χ2v) is 7.93. The third-order valence-electron chi connectivity index (χ3n) is 4.61. The molecule has 1 aromatic carbocycles. The zero-order valence-electron chi connectivity index (χ0n) is 15.4. The van der Waals surface area contributed by atoms with Crippen LogP contribution in [0.4, 0.5) is 0 Å². The van der Waals surface area contributed by atoms with Gasteiger partial charge in [-0.15, -0.1) is 0 Å². The molecule has 1 aliphatic rings. The van der Waals surface area contributed by atoms with Gasteiger partial charge in [-0.25, -0.2) is 19.6 Å². The van der Waals surface area contributed by atoms with E-state index in [0.717, 1.165) is 19.3 Å². The first-order valence-electron chi connectivity index (χ1n) is 8.34. The highest BCUT2D eigenvalue weighted by Crippen LogP contribution is 2.47. The molecule has 0 amide bonds. The van der Waals surface area contributed by atoms with Crippen LogP contribution in [-0.2, 0) is 9.59 Å². The van der Waals surface area contributed by atoms with E-state index in [1.165, 1.54) is 11.1 Å². The van der Waals surface area contributed by atoms with Crippen LogP contribution >= 0.6 is 0 Å². The molecular weight excluding hydrogens is 300 g/mol. The van der Waals surface area contributed by atoms with E-state index in [-0.39, 0.29) is 16.9 Å². The molecule has 0 bridgehead atoms. The molecule has 0 aromatic heterocycles. The Hall–Kier alpha value is -2.02. The second kappa shape index (κ2) is 8.73. The Morgan fingerprint density at radius 3 is 2.08 bits per heavy atom. The number of benzene rings is 1. The van der Waals surface area contributed by atoms with Crippen LogP contribution < -0.4 is 0 Å². The predicted molar refractivity (Wildman–Crippen MR) is 96.6 cm³/mol. The zero-order chi connectivity index (χ0) is 18.2. The van der Waals surface area contributed by atoms with E-state index in [4.69, 9.17) is 0 Å². The summed E-state index contributed by atoms with van der Waals surface area (Å²) in [6.07, 6.45) is 5.88. The number of carbonyl (C=O) groups excluding carboxylic acids is 2. The lowest BCUT2D eigenvalue weighted by molar-refractivity contribution is 0.0915. The lowest BCUT2D eigenvalue weighted by Crippen LogP contribution is -2.39. The summed E-state index contributed by atoms with van der Waals surface area (Å²) < 4.78 is 0. The molecule has 1 aliphatic carbocycles. The maximum Gasteiger partial charge on any atom is 0.235 e. The zero-order valence-corrected chi connectivity index (χ0v) is 15.4. The lowest BCUT2D eigenvalue weighted by atomic mass is 9.63. The van der Waals surface area contributed by atoms with Crippen molar-refractivity contribution in [3.63, 3.8) is 0 Å². The number of hydrogen-bond donors (Lipinski definition) is 0. The molecule has 2 rings (SSSR count). The molecule has 0 radical (unpaired) electrons. The Morgan fingerprint density at radius 2 is 1.62 bits per heavy atom. The number of isocyanates is 2. The largest absolute Gasteiger partial charge is 0.235 e. The molecule has 1 saturated carbocycles. The highest BCUT2D eigenvalue weighted by atomic mass is 16.1. The highest BCUT2D eigenvalue weighted by molar-refractivity contribution is 5.34. The minimum absolute atomic E-state index is 0.00750. The Morgan fingerprint density at radius 1 is 1.04 bits per heavy atom. The average Bonchev–Trinajstić information content (AvgIpc) is 2.47. The van der Waals surface area contributed by atoms with Gasteiger partial charge in [-0.05, 0) is 55.1 Å². The van der Waals surface area contributed by atoms with Gasteiger partial charge in [0.25, 0.3) is 0 Å². The van der Waals surface area contributed by atoms with Gasteiger partial charge in [0, 0.05) is 0 Å². The minimum atomic E-state index is -0.0653. The molecule has 0 spiro atoms. The van der Waals surface area contributed by atoms with Gasteiger partial charge in [-0.1, -0.05) is 45.0 Å². The molecule has 1 aromatic rings. The summed E-state index contributed by atoms with van der Waals surface area (Å²) in [5, 5.41) is 0. The number of hydrogen-bond acceptors (Lipinski definition) is 4. The fraction of sp³-hybridized carbons (Fsp3) is 0.600. The Kier molecular flexibility index (Phi) is 7.28. The number of aryl methyl sites for hydroxylation is 2. The highest BCUT2D eigenvalue weighted by Gasteiger charge is 2.41. The quantitative estimate of drug-likeness (QED) is 0.604. The van der Waals surface area contributed by atoms with Gasteiger partial charge >= 0.3 is 0 Å². The topological polar surface area (TPSA) is 58.9 Å². The van der Waals surface area contributed by atoms with Gasteiger partial charge in [0.1, 0.15) is 0 Å². The van der Waals surface area contributed by atoms with Crippen LogP contribution in [0.1, 0.15) is 51.2 Å². The summed E-state index contributed by atoms with van der Waals surface area (Å²) >= 11 is 0. The van der Waals surface area contributed by atoms with Crippen molar-refractivity contribution in [1.29, 1.82) is 0 Å². The van der Waals surface area contributed by atoms with Crippen LogP contribution in [-0.4, -0.2) is 24.7 Å². The van der Waals surface area contributed by atoms with Crippen molar-refractivity contribution in [2.24, 2.45) is 20.8 Å². The molecule has 130 valence electrons. The van der Waals surface area contributed by atoms with E-state index in [9.17, 15) is 9.59 Å². The molecule has 0 aliphatic heterocycles. The van der Waals surface area contributed by atoms with Crippen molar-refractivity contribution in [1.82, 2.24) is 0 Å². The third kappa shape index (κ3) is 6.62. The van der Waals surface area contributed by atoms with Crippen molar-refractivity contribution in [2.45, 2.75) is 59.9 Å². The first kappa shape index (κ1) is 20.0. The van der Waals surface area contributed by atoms with Crippen molar-refractivity contribution < 1.29 is 9.59 Å². The van der Waals surface area contributed by atoms with Crippen LogP contribution in [0.3, 0.4) is 0 Å². The fourth-order valence-corrected chi connectivity index (χ4v) is 3.75. The molecule has 0 N–H and O–H groups in total. The molecular formula is C20H28N2O2. The summed E-state index contributed by atoms with van der Waals surface area (Å²) in [4.78, 5) is 28.0. The minimum Gasteiger partial charge on any atom is -0.211 e. The molecule has 4 nitrogen and oxygen atoms in total. The average molecular weight is 328 g/mol. The maximum atomic E-state index is 10.3. The molecule has 2 unspecified atom stereocenters. The number of nitrogens with zero attached hydrogens (tertiary/aromatic N) is 2. The van der Waals surface area contributed by atoms with E-state index < -0.39 is 0 Å². The van der Waals surface area contributed by atoms with Crippen molar-refractivity contribution >= 4 is 12.2 Å². The molecule has 0 saturated heterocycles. The first-order valence-corrected chi connectivity index (χ1v) is 8.34. The number of aliphatic imine (C=N–C) groups is 2. The maximum absolute atomic E-state index is 10.3. The van der Waals surface area contributed by atoms with Crippen molar-refractivity contribution in [2.75, 3.05) is 6.54 Å². The summed E-state index contributed by atoms with van der Waals surface area (Å²) in [7, 11) is 0. The summed E-state index contributed by atoms with van der Waals surface area (Å²) in [6, 6.07) is 8.36. The second-order valence-electron chi connectivity index (χ2n) is 7.93.